The lowest BCUT2D eigenvalue weighted by atomic mass is 9.92. The zero-order chi connectivity index (χ0) is 18.8. The van der Waals surface area contributed by atoms with Crippen LogP contribution in [0.15, 0.2) is 24.4 Å². The van der Waals surface area contributed by atoms with Crippen molar-refractivity contribution >= 4 is 47.2 Å². The number of nitrogens with one attached hydrogen (secondary N) is 1. The molecule has 0 atom stereocenters. The third-order valence-electron chi connectivity index (χ3n) is 4.37. The van der Waals surface area contributed by atoms with Gasteiger partial charge in [-0.15, -0.1) is 12.4 Å². The predicted molar refractivity (Wildman–Crippen MR) is 105 cm³/mol. The molecule has 0 bridgehead atoms. The standard InChI is InChI=1S/C16H17Cl2N5O3.ClH/c17-12-7-11(23(25)26)8-13(18)15(12)22-6-5-14(21-22)16(24)20-10-3-1-9(19)2-4-10;/h5-10H,1-4,19H2,(H,20,24);1H. The summed E-state index contributed by atoms with van der Waals surface area (Å²) >= 11 is 12.2. The highest BCUT2D eigenvalue weighted by atomic mass is 35.5. The summed E-state index contributed by atoms with van der Waals surface area (Å²) in [4.78, 5) is 22.7. The highest BCUT2D eigenvalue weighted by molar-refractivity contribution is 6.38. The first kappa shape index (κ1) is 21.4. The minimum absolute atomic E-state index is 0. The van der Waals surface area contributed by atoms with Crippen LogP contribution in [0.25, 0.3) is 5.69 Å². The van der Waals surface area contributed by atoms with Gasteiger partial charge >= 0.3 is 0 Å². The number of rotatable bonds is 4. The molecule has 1 amide bonds. The van der Waals surface area contributed by atoms with Crippen molar-refractivity contribution in [1.82, 2.24) is 15.1 Å². The molecule has 1 fully saturated rings. The van der Waals surface area contributed by atoms with E-state index in [4.69, 9.17) is 28.9 Å². The molecule has 0 unspecified atom stereocenters. The maximum atomic E-state index is 12.4. The number of nitro groups is 1. The Hall–Kier alpha value is -1.87. The monoisotopic (exact) mass is 433 g/mol. The molecule has 0 aliphatic heterocycles. The van der Waals surface area contributed by atoms with Gasteiger partial charge in [-0.25, -0.2) is 4.68 Å². The highest BCUT2D eigenvalue weighted by Crippen LogP contribution is 2.32. The Labute approximate surface area is 171 Å². The number of nitrogens with zero attached hydrogens (tertiary/aromatic N) is 3. The summed E-state index contributed by atoms with van der Waals surface area (Å²) in [5.41, 5.74) is 6.14. The molecular weight excluding hydrogens is 417 g/mol. The lowest BCUT2D eigenvalue weighted by Crippen LogP contribution is -2.40. The van der Waals surface area contributed by atoms with E-state index in [0.29, 0.717) is 0 Å². The van der Waals surface area contributed by atoms with E-state index >= 15 is 0 Å². The average Bonchev–Trinajstić information content (AvgIpc) is 3.06. The molecule has 0 radical (unpaired) electrons. The second-order valence-corrected chi connectivity index (χ2v) is 7.06. The number of carbonyl (C=O) groups is 1. The fourth-order valence-corrected chi connectivity index (χ4v) is 3.62. The largest absolute Gasteiger partial charge is 0.348 e. The lowest BCUT2D eigenvalue weighted by molar-refractivity contribution is -0.384. The summed E-state index contributed by atoms with van der Waals surface area (Å²) in [6.07, 6.45) is 4.98. The number of nitrogens with two attached hydrogens (primary N) is 1. The molecule has 27 heavy (non-hydrogen) atoms. The van der Waals surface area contributed by atoms with Gasteiger partial charge in [0.2, 0.25) is 0 Å². The minimum Gasteiger partial charge on any atom is -0.348 e. The molecule has 1 aromatic carbocycles. The number of nitro benzene ring substituents is 1. The van der Waals surface area contributed by atoms with Crippen LogP contribution in [0.1, 0.15) is 36.2 Å². The van der Waals surface area contributed by atoms with Crippen molar-refractivity contribution in [2.24, 2.45) is 5.73 Å². The molecule has 1 aliphatic carbocycles. The molecule has 0 spiro atoms. The van der Waals surface area contributed by atoms with Crippen molar-refractivity contribution in [3.05, 3.63) is 50.2 Å². The van der Waals surface area contributed by atoms with Crippen molar-refractivity contribution in [3.8, 4) is 5.69 Å². The maximum Gasteiger partial charge on any atom is 0.272 e. The maximum absolute atomic E-state index is 12.4. The van der Waals surface area contributed by atoms with Gasteiger partial charge in [-0.3, -0.25) is 14.9 Å². The van der Waals surface area contributed by atoms with Crippen molar-refractivity contribution in [3.63, 3.8) is 0 Å². The van der Waals surface area contributed by atoms with Gasteiger partial charge in [0.25, 0.3) is 11.6 Å². The van der Waals surface area contributed by atoms with Crippen LogP contribution >= 0.6 is 35.6 Å². The quantitative estimate of drug-likeness (QED) is 0.564. The minimum atomic E-state index is -0.584. The second-order valence-electron chi connectivity index (χ2n) is 6.25. The zero-order valence-corrected chi connectivity index (χ0v) is 16.4. The molecule has 0 saturated heterocycles. The van der Waals surface area contributed by atoms with Crippen molar-refractivity contribution < 1.29 is 9.72 Å². The average molecular weight is 435 g/mol. The number of hydrogen-bond acceptors (Lipinski definition) is 5. The number of halogens is 3. The SMILES string of the molecule is Cl.NC1CCC(NC(=O)c2ccn(-c3c(Cl)cc([N+](=O)[O-])cc3Cl)n2)CC1. The van der Waals surface area contributed by atoms with Crippen molar-refractivity contribution in [1.29, 1.82) is 0 Å². The van der Waals surface area contributed by atoms with Gasteiger partial charge in [0.1, 0.15) is 5.69 Å². The number of aromatic nitrogens is 2. The molecule has 1 heterocycles. The Kier molecular flexibility index (Phi) is 7.05. The lowest BCUT2D eigenvalue weighted by Gasteiger charge is -2.26. The highest BCUT2D eigenvalue weighted by Gasteiger charge is 2.22. The van der Waals surface area contributed by atoms with Crippen LogP contribution < -0.4 is 11.1 Å². The van der Waals surface area contributed by atoms with Crippen LogP contribution in [-0.4, -0.2) is 32.7 Å². The van der Waals surface area contributed by atoms with E-state index < -0.39 is 4.92 Å². The van der Waals surface area contributed by atoms with Gasteiger partial charge in [0.05, 0.1) is 15.0 Å². The summed E-state index contributed by atoms with van der Waals surface area (Å²) < 4.78 is 1.33. The summed E-state index contributed by atoms with van der Waals surface area (Å²) in [6.45, 7) is 0. The van der Waals surface area contributed by atoms with Crippen LogP contribution in [0.2, 0.25) is 10.0 Å². The fourth-order valence-electron chi connectivity index (χ4n) is 2.97. The number of amides is 1. The van der Waals surface area contributed by atoms with E-state index in [1.807, 2.05) is 0 Å². The first-order valence-electron chi connectivity index (χ1n) is 8.11. The first-order chi connectivity index (χ1) is 12.3. The Morgan fingerprint density at radius 3 is 2.41 bits per heavy atom. The zero-order valence-electron chi connectivity index (χ0n) is 14.1. The molecule has 146 valence electrons. The summed E-state index contributed by atoms with van der Waals surface area (Å²) in [6, 6.07) is 4.20. The van der Waals surface area contributed by atoms with Gasteiger partial charge in [0.15, 0.2) is 5.69 Å². The number of carbonyl (C=O) groups excluding carboxylic acids is 1. The Balaban J connectivity index is 0.00000261. The fraction of sp³-hybridized carbons (Fsp3) is 0.375. The van der Waals surface area contributed by atoms with E-state index in [0.717, 1.165) is 25.7 Å². The number of non-ortho nitro benzene ring substituents is 1. The van der Waals surface area contributed by atoms with Crippen molar-refractivity contribution in [2.75, 3.05) is 0 Å². The molecule has 1 aromatic heterocycles. The van der Waals surface area contributed by atoms with Crippen LogP contribution in [0, 0.1) is 10.1 Å². The summed E-state index contributed by atoms with van der Waals surface area (Å²) in [5.74, 6) is -0.293. The van der Waals surface area contributed by atoms with Gasteiger partial charge < -0.3 is 11.1 Å². The van der Waals surface area contributed by atoms with Gasteiger partial charge in [-0.2, -0.15) is 5.10 Å². The van der Waals surface area contributed by atoms with E-state index in [1.54, 1.807) is 0 Å². The Morgan fingerprint density at radius 1 is 1.26 bits per heavy atom. The Bertz CT molecular complexity index is 827. The van der Waals surface area contributed by atoms with Gasteiger partial charge in [-0.1, -0.05) is 23.2 Å². The van der Waals surface area contributed by atoms with Crippen LogP contribution in [0.3, 0.4) is 0 Å². The molecule has 11 heteroatoms. The molecule has 1 saturated carbocycles. The molecule has 1 aliphatic rings. The summed E-state index contributed by atoms with van der Waals surface area (Å²) in [5, 5.41) is 18.1. The molecule has 3 rings (SSSR count). The van der Waals surface area contributed by atoms with Crippen LogP contribution in [-0.2, 0) is 0 Å². The Morgan fingerprint density at radius 2 is 1.85 bits per heavy atom. The van der Waals surface area contributed by atoms with Crippen molar-refractivity contribution in [2.45, 2.75) is 37.8 Å². The third-order valence-corrected chi connectivity index (χ3v) is 4.95. The summed E-state index contributed by atoms with van der Waals surface area (Å²) in [7, 11) is 0. The van der Waals surface area contributed by atoms with E-state index in [-0.39, 0.29) is 57.5 Å². The van der Waals surface area contributed by atoms with E-state index in [9.17, 15) is 14.9 Å². The number of hydrogen-bond donors (Lipinski definition) is 2. The second kappa shape index (κ2) is 8.88. The molecule has 8 nitrogen and oxygen atoms in total. The molecular formula is C16H18Cl3N5O3. The predicted octanol–water partition coefficient (Wildman–Crippen LogP) is 3.51. The number of benzene rings is 1. The van der Waals surface area contributed by atoms with E-state index in [2.05, 4.69) is 10.4 Å². The third kappa shape index (κ3) is 4.90. The molecule has 2 aromatic rings. The smallest absolute Gasteiger partial charge is 0.272 e. The van der Waals surface area contributed by atoms with Gasteiger partial charge in [-0.05, 0) is 31.7 Å². The van der Waals surface area contributed by atoms with Gasteiger partial charge in [0, 0.05) is 30.4 Å². The van der Waals surface area contributed by atoms with Crippen LogP contribution in [0.5, 0.6) is 0 Å². The topological polar surface area (TPSA) is 116 Å². The van der Waals surface area contributed by atoms with E-state index in [1.165, 1.54) is 29.1 Å². The first-order valence-corrected chi connectivity index (χ1v) is 8.86. The van der Waals surface area contributed by atoms with Crippen LogP contribution in [0.4, 0.5) is 5.69 Å². The molecule has 3 N–H and O–H groups in total. The normalized spacial score (nSPS) is 19.2.